The largest absolute Gasteiger partial charge is 0.493 e. The van der Waals surface area contributed by atoms with Gasteiger partial charge in [-0.15, -0.1) is 0 Å². The number of nitrogens with one attached hydrogen (secondary N) is 1. The molecule has 0 radical (unpaired) electrons. The number of piperidine rings is 1. The average Bonchev–Trinajstić information content (AvgIpc) is 2.76. The van der Waals surface area contributed by atoms with Crippen LogP contribution in [-0.2, 0) is 11.2 Å². The van der Waals surface area contributed by atoms with E-state index in [9.17, 15) is 4.79 Å². The van der Waals surface area contributed by atoms with Crippen molar-refractivity contribution in [2.45, 2.75) is 26.2 Å². The maximum absolute atomic E-state index is 12.2. The molecule has 1 N–H and O–H groups in total. The molecule has 1 fully saturated rings. The SMILES string of the molecule is CCOc1ccc(Br)cc1C=CC(=O)NCCN1CCC(Cc2ccccc2)CC1. The first-order chi connectivity index (χ1) is 14.6. The molecule has 3 rings (SSSR count). The molecule has 4 nitrogen and oxygen atoms in total. The van der Waals surface area contributed by atoms with Crippen LogP contribution >= 0.6 is 15.9 Å². The van der Waals surface area contributed by atoms with Crippen molar-refractivity contribution < 1.29 is 9.53 Å². The summed E-state index contributed by atoms with van der Waals surface area (Å²) < 4.78 is 6.58. The lowest BCUT2D eigenvalue weighted by atomic mass is 9.90. The van der Waals surface area contributed by atoms with E-state index in [2.05, 4.69) is 56.5 Å². The zero-order valence-corrected chi connectivity index (χ0v) is 19.2. The summed E-state index contributed by atoms with van der Waals surface area (Å²) in [4.78, 5) is 14.6. The van der Waals surface area contributed by atoms with Gasteiger partial charge in [-0.3, -0.25) is 4.79 Å². The monoisotopic (exact) mass is 470 g/mol. The van der Waals surface area contributed by atoms with Gasteiger partial charge in [-0.2, -0.15) is 0 Å². The van der Waals surface area contributed by atoms with E-state index in [1.165, 1.54) is 24.8 Å². The predicted octanol–water partition coefficient (Wildman–Crippen LogP) is 4.93. The van der Waals surface area contributed by atoms with Gasteiger partial charge in [-0.05, 0) is 75.0 Å². The predicted molar refractivity (Wildman–Crippen MR) is 127 cm³/mol. The number of ether oxygens (including phenoxy) is 1. The standard InChI is InChI=1S/C25H31BrN2O2/c1-2-30-24-10-9-23(26)19-22(24)8-11-25(29)27-14-17-28-15-12-21(13-16-28)18-20-6-4-3-5-7-20/h3-11,19,21H,2,12-18H2,1H3,(H,27,29). The van der Waals surface area contributed by atoms with Crippen LogP contribution in [0.15, 0.2) is 59.1 Å². The van der Waals surface area contributed by atoms with Crippen LogP contribution in [0.25, 0.3) is 6.08 Å². The maximum atomic E-state index is 12.2. The molecule has 160 valence electrons. The molecule has 0 atom stereocenters. The zero-order chi connectivity index (χ0) is 21.2. The zero-order valence-electron chi connectivity index (χ0n) is 17.6. The van der Waals surface area contributed by atoms with E-state index in [-0.39, 0.29) is 5.91 Å². The smallest absolute Gasteiger partial charge is 0.244 e. The molecule has 0 aliphatic carbocycles. The molecule has 5 heteroatoms. The van der Waals surface area contributed by atoms with Crippen LogP contribution in [0.1, 0.15) is 30.9 Å². The van der Waals surface area contributed by atoms with Crippen molar-refractivity contribution >= 4 is 27.9 Å². The number of halogens is 1. The molecule has 0 spiro atoms. The summed E-state index contributed by atoms with van der Waals surface area (Å²) in [5, 5.41) is 3.00. The van der Waals surface area contributed by atoms with Crippen LogP contribution in [0.4, 0.5) is 0 Å². The highest BCUT2D eigenvalue weighted by Gasteiger charge is 2.19. The molecule has 0 saturated carbocycles. The number of nitrogens with zero attached hydrogens (tertiary/aromatic N) is 1. The Labute approximate surface area is 188 Å². The molecule has 1 heterocycles. The number of hydrogen-bond donors (Lipinski definition) is 1. The Morgan fingerprint density at radius 3 is 2.70 bits per heavy atom. The van der Waals surface area contributed by atoms with Crippen molar-refractivity contribution in [3.05, 3.63) is 70.2 Å². The lowest BCUT2D eigenvalue weighted by Crippen LogP contribution is -2.39. The summed E-state index contributed by atoms with van der Waals surface area (Å²) in [7, 11) is 0. The number of likely N-dealkylation sites (tertiary alicyclic amines) is 1. The minimum Gasteiger partial charge on any atom is -0.493 e. The number of rotatable bonds is 9. The number of benzene rings is 2. The van der Waals surface area contributed by atoms with Gasteiger partial charge >= 0.3 is 0 Å². The first kappa shape index (κ1) is 22.6. The normalized spacial score (nSPS) is 15.4. The van der Waals surface area contributed by atoms with Crippen molar-refractivity contribution in [3.63, 3.8) is 0 Å². The molecule has 1 saturated heterocycles. The lowest BCUT2D eigenvalue weighted by Gasteiger charge is -2.32. The van der Waals surface area contributed by atoms with E-state index in [1.54, 1.807) is 12.2 Å². The average molecular weight is 471 g/mol. The van der Waals surface area contributed by atoms with Crippen LogP contribution in [0.2, 0.25) is 0 Å². The molecule has 1 amide bonds. The third kappa shape index (κ3) is 7.29. The van der Waals surface area contributed by atoms with E-state index in [0.717, 1.165) is 41.3 Å². The molecule has 0 bridgehead atoms. The Balaban J connectivity index is 1.37. The molecule has 0 aromatic heterocycles. The summed E-state index contributed by atoms with van der Waals surface area (Å²) in [6.45, 7) is 6.34. The Bertz CT molecular complexity index is 830. The van der Waals surface area contributed by atoms with Crippen LogP contribution in [0, 0.1) is 5.92 Å². The first-order valence-electron chi connectivity index (χ1n) is 10.8. The minimum atomic E-state index is -0.0728. The summed E-state index contributed by atoms with van der Waals surface area (Å²) in [6.07, 6.45) is 7.02. The second-order valence-electron chi connectivity index (χ2n) is 7.71. The molecule has 0 unspecified atom stereocenters. The number of carbonyl (C=O) groups excluding carboxylic acids is 1. The Morgan fingerprint density at radius 2 is 1.97 bits per heavy atom. The van der Waals surface area contributed by atoms with Crippen molar-refractivity contribution in [1.82, 2.24) is 10.2 Å². The summed E-state index contributed by atoms with van der Waals surface area (Å²) in [5.41, 5.74) is 2.33. The number of amides is 1. The molecular weight excluding hydrogens is 440 g/mol. The molecule has 1 aliphatic heterocycles. The van der Waals surface area contributed by atoms with Gasteiger partial charge < -0.3 is 15.0 Å². The molecule has 2 aromatic rings. The Morgan fingerprint density at radius 1 is 1.20 bits per heavy atom. The fourth-order valence-electron chi connectivity index (χ4n) is 3.86. The number of carbonyl (C=O) groups is 1. The topological polar surface area (TPSA) is 41.6 Å². The number of hydrogen-bond acceptors (Lipinski definition) is 3. The van der Waals surface area contributed by atoms with Gasteiger partial charge in [0.2, 0.25) is 5.91 Å². The van der Waals surface area contributed by atoms with Crippen LogP contribution in [0.3, 0.4) is 0 Å². The van der Waals surface area contributed by atoms with Crippen LogP contribution < -0.4 is 10.1 Å². The third-order valence-corrected chi connectivity index (χ3v) is 5.98. The highest BCUT2D eigenvalue weighted by Crippen LogP contribution is 2.24. The van der Waals surface area contributed by atoms with Gasteiger partial charge in [0.15, 0.2) is 0 Å². The Hall–Kier alpha value is -2.11. The lowest BCUT2D eigenvalue weighted by molar-refractivity contribution is -0.116. The van der Waals surface area contributed by atoms with E-state index in [0.29, 0.717) is 13.2 Å². The van der Waals surface area contributed by atoms with E-state index in [1.807, 2.05) is 25.1 Å². The molecular formula is C25H31BrN2O2. The van der Waals surface area contributed by atoms with Gasteiger partial charge in [0, 0.05) is 29.2 Å². The molecule has 2 aromatic carbocycles. The molecule has 30 heavy (non-hydrogen) atoms. The fourth-order valence-corrected chi connectivity index (χ4v) is 4.24. The van der Waals surface area contributed by atoms with Gasteiger partial charge in [-0.25, -0.2) is 0 Å². The van der Waals surface area contributed by atoms with Crippen LogP contribution in [0.5, 0.6) is 5.75 Å². The van der Waals surface area contributed by atoms with Crippen molar-refractivity contribution in [1.29, 1.82) is 0 Å². The fraction of sp³-hybridized carbons (Fsp3) is 0.400. The van der Waals surface area contributed by atoms with Gasteiger partial charge in [0.25, 0.3) is 0 Å². The highest BCUT2D eigenvalue weighted by atomic mass is 79.9. The third-order valence-electron chi connectivity index (χ3n) is 5.49. The second kappa shape index (κ2) is 11.9. The summed E-state index contributed by atoms with van der Waals surface area (Å²) in [6, 6.07) is 16.6. The van der Waals surface area contributed by atoms with Crippen LogP contribution in [-0.4, -0.2) is 43.6 Å². The van der Waals surface area contributed by atoms with E-state index < -0.39 is 0 Å². The van der Waals surface area contributed by atoms with Crippen molar-refractivity contribution in [2.24, 2.45) is 5.92 Å². The first-order valence-corrected chi connectivity index (χ1v) is 11.6. The highest BCUT2D eigenvalue weighted by molar-refractivity contribution is 9.10. The van der Waals surface area contributed by atoms with Gasteiger partial charge in [0.05, 0.1) is 6.61 Å². The van der Waals surface area contributed by atoms with Crippen molar-refractivity contribution in [2.75, 3.05) is 32.8 Å². The van der Waals surface area contributed by atoms with Gasteiger partial charge in [-0.1, -0.05) is 46.3 Å². The Kier molecular flexibility index (Phi) is 8.97. The maximum Gasteiger partial charge on any atom is 0.244 e. The quantitative estimate of drug-likeness (QED) is 0.528. The van der Waals surface area contributed by atoms with Crippen molar-refractivity contribution in [3.8, 4) is 5.75 Å². The van der Waals surface area contributed by atoms with E-state index in [4.69, 9.17) is 4.74 Å². The molecule has 1 aliphatic rings. The van der Waals surface area contributed by atoms with Gasteiger partial charge in [0.1, 0.15) is 5.75 Å². The second-order valence-corrected chi connectivity index (χ2v) is 8.63. The summed E-state index contributed by atoms with van der Waals surface area (Å²) >= 11 is 3.47. The summed E-state index contributed by atoms with van der Waals surface area (Å²) in [5.74, 6) is 1.48. The minimum absolute atomic E-state index is 0.0728. The van der Waals surface area contributed by atoms with E-state index >= 15 is 0 Å².